The topological polar surface area (TPSA) is 82.3 Å². The summed E-state index contributed by atoms with van der Waals surface area (Å²) in [7, 11) is 1.61. The molecule has 0 amide bonds. The van der Waals surface area contributed by atoms with Crippen LogP contribution in [0, 0.1) is 6.92 Å². The van der Waals surface area contributed by atoms with Crippen LogP contribution in [0.25, 0.3) is 11.4 Å². The van der Waals surface area contributed by atoms with Gasteiger partial charge in [0.1, 0.15) is 0 Å². The first kappa shape index (κ1) is 21.1. The van der Waals surface area contributed by atoms with Crippen molar-refractivity contribution < 1.29 is 14.0 Å². The highest BCUT2D eigenvalue weighted by atomic mass is 35.5. The van der Waals surface area contributed by atoms with Crippen molar-refractivity contribution >= 4 is 12.4 Å². The Hall–Kier alpha value is -2.64. The number of nitrogens with zero attached hydrogens (tertiary/aromatic N) is 3. The molecule has 1 N–H and O–H groups in total. The van der Waals surface area contributed by atoms with Crippen molar-refractivity contribution in [3.05, 3.63) is 53.2 Å². The molecule has 1 aliphatic heterocycles. The summed E-state index contributed by atoms with van der Waals surface area (Å²) in [5.74, 6) is 2.23. The van der Waals surface area contributed by atoms with E-state index in [2.05, 4.69) is 20.4 Å². The van der Waals surface area contributed by atoms with Gasteiger partial charge in [0.15, 0.2) is 17.1 Å². The maximum atomic E-state index is 6.16. The van der Waals surface area contributed by atoms with Crippen LogP contribution in [0.15, 0.2) is 35.0 Å². The van der Waals surface area contributed by atoms with Gasteiger partial charge in [-0.3, -0.25) is 4.98 Å². The van der Waals surface area contributed by atoms with Crippen LogP contribution in [0.1, 0.15) is 36.6 Å². The zero-order valence-corrected chi connectivity index (χ0v) is 17.8. The quantitative estimate of drug-likeness (QED) is 0.676. The predicted octanol–water partition coefficient (Wildman–Crippen LogP) is 3.83. The van der Waals surface area contributed by atoms with Crippen LogP contribution < -0.4 is 14.8 Å². The van der Waals surface area contributed by atoms with Gasteiger partial charge in [-0.15, -0.1) is 12.4 Å². The van der Waals surface area contributed by atoms with Crippen LogP contribution in [0.5, 0.6) is 11.5 Å². The highest BCUT2D eigenvalue weighted by Crippen LogP contribution is 2.35. The van der Waals surface area contributed by atoms with Gasteiger partial charge in [0.2, 0.25) is 5.82 Å². The first-order valence-electron chi connectivity index (χ1n) is 9.34. The first-order chi connectivity index (χ1) is 13.5. The molecule has 0 bridgehead atoms. The summed E-state index contributed by atoms with van der Waals surface area (Å²) in [6.07, 6.45) is 2.84. The number of hydrogen-bond acceptors (Lipinski definition) is 7. The van der Waals surface area contributed by atoms with Crippen molar-refractivity contribution in [1.82, 2.24) is 20.4 Å². The molecule has 0 saturated carbocycles. The van der Waals surface area contributed by atoms with Crippen molar-refractivity contribution in [3.63, 3.8) is 0 Å². The van der Waals surface area contributed by atoms with Gasteiger partial charge in [-0.25, -0.2) is 0 Å². The summed E-state index contributed by atoms with van der Waals surface area (Å²) in [4.78, 5) is 9.19. The zero-order valence-electron chi connectivity index (χ0n) is 17.0. The van der Waals surface area contributed by atoms with Gasteiger partial charge in [-0.05, 0) is 57.0 Å². The number of hydrogen-bond donors (Lipinski definition) is 1. The monoisotopic (exact) mass is 416 g/mol. The number of aryl methyl sites for hydroxylation is 1. The van der Waals surface area contributed by atoms with Crippen LogP contribution in [-0.4, -0.2) is 28.8 Å². The standard InChI is InChI=1S/C21H24N4O3.ClH/c1-13-18(15-9-10-22-11-14(15)12-23-13)19-24-20(28-25-19)21(2,3)27-17-8-6-5-7-16(17)26-4;/h5-8,12,22H,9-11H2,1-4H3;1H. The minimum absolute atomic E-state index is 0. The molecule has 0 radical (unpaired) electrons. The van der Waals surface area contributed by atoms with E-state index in [1.807, 2.05) is 51.2 Å². The van der Waals surface area contributed by atoms with Gasteiger partial charge in [-0.1, -0.05) is 17.3 Å². The number of ether oxygens (including phenoxy) is 2. The van der Waals surface area contributed by atoms with Crippen molar-refractivity contribution in [2.45, 2.75) is 39.3 Å². The Labute approximate surface area is 176 Å². The molecule has 0 fully saturated rings. The molecule has 0 saturated heterocycles. The lowest BCUT2D eigenvalue weighted by atomic mass is 9.95. The largest absolute Gasteiger partial charge is 0.493 e. The van der Waals surface area contributed by atoms with Crippen LogP contribution in [0.3, 0.4) is 0 Å². The second-order valence-corrected chi connectivity index (χ2v) is 7.34. The number of halogens is 1. The Balaban J connectivity index is 0.00000240. The van der Waals surface area contributed by atoms with E-state index in [-0.39, 0.29) is 12.4 Å². The number of nitrogens with one attached hydrogen (secondary N) is 1. The van der Waals surface area contributed by atoms with Crippen molar-refractivity contribution in [2.75, 3.05) is 13.7 Å². The van der Waals surface area contributed by atoms with Gasteiger partial charge < -0.3 is 19.3 Å². The fourth-order valence-electron chi connectivity index (χ4n) is 3.46. The third-order valence-corrected chi connectivity index (χ3v) is 4.93. The van der Waals surface area contributed by atoms with Crippen LogP contribution in [0.4, 0.5) is 0 Å². The lowest BCUT2D eigenvalue weighted by Gasteiger charge is -2.23. The van der Waals surface area contributed by atoms with E-state index < -0.39 is 5.60 Å². The van der Waals surface area contributed by atoms with E-state index >= 15 is 0 Å². The normalized spacial score (nSPS) is 13.4. The Kier molecular flexibility index (Phi) is 6.10. The minimum atomic E-state index is -0.822. The highest BCUT2D eigenvalue weighted by molar-refractivity contribution is 5.85. The molecule has 7 nitrogen and oxygen atoms in total. The summed E-state index contributed by atoms with van der Waals surface area (Å²) in [5, 5.41) is 7.62. The van der Waals surface area contributed by atoms with E-state index in [1.54, 1.807) is 7.11 Å². The molecule has 0 aliphatic carbocycles. The number of rotatable bonds is 5. The average molecular weight is 417 g/mol. The molecule has 8 heteroatoms. The smallest absolute Gasteiger partial charge is 0.270 e. The third-order valence-electron chi connectivity index (χ3n) is 4.93. The highest BCUT2D eigenvalue weighted by Gasteiger charge is 2.32. The minimum Gasteiger partial charge on any atom is -0.493 e. The van der Waals surface area contributed by atoms with E-state index in [1.165, 1.54) is 11.1 Å². The lowest BCUT2D eigenvalue weighted by molar-refractivity contribution is 0.0660. The summed E-state index contributed by atoms with van der Waals surface area (Å²) in [5.41, 5.74) is 3.46. The number of aromatic nitrogens is 3. The predicted molar refractivity (Wildman–Crippen MR) is 112 cm³/mol. The maximum absolute atomic E-state index is 6.16. The Morgan fingerprint density at radius 2 is 1.93 bits per heavy atom. The van der Waals surface area contributed by atoms with Gasteiger partial charge >= 0.3 is 0 Å². The van der Waals surface area contributed by atoms with E-state index in [0.717, 1.165) is 30.8 Å². The van der Waals surface area contributed by atoms with Crippen LogP contribution in [0.2, 0.25) is 0 Å². The molecule has 0 spiro atoms. The average Bonchev–Trinajstić information content (AvgIpc) is 3.19. The van der Waals surface area contributed by atoms with Crippen molar-refractivity contribution in [1.29, 1.82) is 0 Å². The number of benzene rings is 1. The summed E-state index contributed by atoms with van der Waals surface area (Å²) < 4.78 is 17.1. The fraction of sp³-hybridized carbons (Fsp3) is 0.381. The van der Waals surface area contributed by atoms with E-state index in [4.69, 9.17) is 14.0 Å². The Morgan fingerprint density at radius 1 is 1.17 bits per heavy atom. The van der Waals surface area contributed by atoms with Gasteiger partial charge in [-0.2, -0.15) is 4.98 Å². The Bertz CT molecular complexity index is 1000. The molecule has 0 unspecified atom stereocenters. The molecule has 1 aromatic carbocycles. The van der Waals surface area contributed by atoms with Gasteiger partial charge in [0.05, 0.1) is 7.11 Å². The van der Waals surface area contributed by atoms with E-state index in [0.29, 0.717) is 23.2 Å². The molecule has 2 aromatic heterocycles. The number of methoxy groups -OCH3 is 1. The molecule has 154 valence electrons. The molecule has 0 atom stereocenters. The molecule has 3 heterocycles. The number of para-hydroxylation sites is 2. The molecular weight excluding hydrogens is 392 g/mol. The van der Waals surface area contributed by atoms with Gasteiger partial charge in [0.25, 0.3) is 5.89 Å². The maximum Gasteiger partial charge on any atom is 0.270 e. The van der Waals surface area contributed by atoms with Gasteiger partial charge in [0, 0.05) is 24.0 Å². The SMILES string of the molecule is COc1ccccc1OC(C)(C)c1nc(-c2c(C)ncc3c2CCNC3)no1.Cl. The Morgan fingerprint density at radius 3 is 2.69 bits per heavy atom. The molecule has 1 aliphatic rings. The van der Waals surface area contributed by atoms with Crippen molar-refractivity contribution in [2.24, 2.45) is 0 Å². The van der Waals surface area contributed by atoms with Crippen LogP contribution >= 0.6 is 12.4 Å². The first-order valence-corrected chi connectivity index (χ1v) is 9.34. The second kappa shape index (κ2) is 8.39. The number of fused-ring (bicyclic) bond motifs is 1. The zero-order chi connectivity index (χ0) is 19.7. The van der Waals surface area contributed by atoms with Crippen LogP contribution in [-0.2, 0) is 18.6 Å². The summed E-state index contributed by atoms with van der Waals surface area (Å²) >= 11 is 0. The summed E-state index contributed by atoms with van der Waals surface area (Å²) in [6, 6.07) is 7.50. The third kappa shape index (κ3) is 4.06. The van der Waals surface area contributed by atoms with Crippen molar-refractivity contribution in [3.8, 4) is 22.9 Å². The number of pyridine rings is 1. The second-order valence-electron chi connectivity index (χ2n) is 7.34. The fourth-order valence-corrected chi connectivity index (χ4v) is 3.46. The lowest BCUT2D eigenvalue weighted by Crippen LogP contribution is -2.26. The molecule has 4 rings (SSSR count). The molecular formula is C21H25ClN4O3. The molecule has 29 heavy (non-hydrogen) atoms. The van der Waals surface area contributed by atoms with E-state index in [9.17, 15) is 0 Å². The molecule has 3 aromatic rings. The summed E-state index contributed by atoms with van der Waals surface area (Å²) in [6.45, 7) is 7.50.